The minimum atomic E-state index is -4.17. The number of hydrogen-bond donors (Lipinski definition) is 0. The molecule has 1 aliphatic rings. The fourth-order valence-corrected chi connectivity index (χ4v) is 1.29. The van der Waals surface area contributed by atoms with Crippen LogP contribution in [0.1, 0.15) is 13.8 Å². The Balaban J connectivity index is 2.90. The van der Waals surface area contributed by atoms with Crippen LogP contribution in [0.15, 0.2) is 23.8 Å². The van der Waals surface area contributed by atoms with E-state index in [0.29, 0.717) is 0 Å². The molecule has 0 N–H and O–H groups in total. The number of hydrogen-bond acceptors (Lipinski definition) is 0. The average Bonchev–Trinajstić information content (AvgIpc) is 1.92. The number of alkyl halides is 3. The predicted octanol–water partition coefficient (Wildman–Crippen LogP) is 3.32. The Morgan fingerprint density at radius 3 is 2.25 bits per heavy atom. The van der Waals surface area contributed by atoms with Crippen LogP contribution in [0.4, 0.5) is 13.2 Å². The average molecular weight is 176 g/mol. The summed E-state index contributed by atoms with van der Waals surface area (Å²) in [5.41, 5.74) is -0.419. The lowest BCUT2D eigenvalue weighted by molar-refractivity contribution is -0.0999. The third kappa shape index (κ3) is 1.71. The van der Waals surface area contributed by atoms with Gasteiger partial charge in [-0.05, 0) is 11.8 Å². The Labute approximate surface area is 69.8 Å². The van der Waals surface area contributed by atoms with Crippen molar-refractivity contribution in [2.45, 2.75) is 20.0 Å². The highest BCUT2D eigenvalue weighted by Gasteiger charge is 2.38. The molecule has 0 nitrogen and oxygen atoms in total. The summed E-state index contributed by atoms with van der Waals surface area (Å²) in [7, 11) is 0. The number of allylic oxidation sites excluding steroid dienone is 4. The topological polar surface area (TPSA) is 0 Å². The minimum absolute atomic E-state index is 0.0216. The van der Waals surface area contributed by atoms with Crippen LogP contribution in [0.3, 0.4) is 0 Å². The minimum Gasteiger partial charge on any atom is -0.166 e. The standard InChI is InChI=1S/C9H11F3/c1-6-4-3-5-8(7(6)2)9(10,11)12/h3-7H,1-2H3. The Hall–Kier alpha value is -0.730. The molecular weight excluding hydrogens is 165 g/mol. The first kappa shape index (κ1) is 9.36. The van der Waals surface area contributed by atoms with E-state index in [4.69, 9.17) is 0 Å². The molecule has 0 aromatic heterocycles. The molecule has 2 atom stereocenters. The van der Waals surface area contributed by atoms with Gasteiger partial charge in [-0.25, -0.2) is 0 Å². The van der Waals surface area contributed by atoms with Crippen molar-refractivity contribution in [1.82, 2.24) is 0 Å². The van der Waals surface area contributed by atoms with Gasteiger partial charge in [0.1, 0.15) is 0 Å². The lowest BCUT2D eigenvalue weighted by atomic mass is 9.84. The second-order valence-electron chi connectivity index (χ2n) is 3.15. The first-order chi connectivity index (χ1) is 5.43. The van der Waals surface area contributed by atoms with E-state index in [-0.39, 0.29) is 5.92 Å². The molecule has 0 spiro atoms. The molecule has 0 bridgehead atoms. The van der Waals surface area contributed by atoms with Crippen LogP contribution >= 0.6 is 0 Å². The second kappa shape index (κ2) is 2.96. The molecule has 0 heterocycles. The van der Waals surface area contributed by atoms with E-state index < -0.39 is 17.7 Å². The molecule has 0 saturated heterocycles. The number of halogens is 3. The van der Waals surface area contributed by atoms with Crippen LogP contribution < -0.4 is 0 Å². The highest BCUT2D eigenvalue weighted by Crippen LogP contribution is 2.37. The molecule has 0 radical (unpaired) electrons. The molecule has 1 rings (SSSR count). The summed E-state index contributed by atoms with van der Waals surface area (Å²) in [4.78, 5) is 0. The number of rotatable bonds is 0. The van der Waals surface area contributed by atoms with Crippen molar-refractivity contribution in [2.24, 2.45) is 11.8 Å². The van der Waals surface area contributed by atoms with E-state index in [1.54, 1.807) is 19.9 Å². The Morgan fingerprint density at radius 1 is 1.25 bits per heavy atom. The molecule has 2 unspecified atom stereocenters. The highest BCUT2D eigenvalue weighted by atomic mass is 19.4. The normalized spacial score (nSPS) is 30.2. The van der Waals surface area contributed by atoms with Gasteiger partial charge in [-0.1, -0.05) is 32.1 Å². The highest BCUT2D eigenvalue weighted by molar-refractivity contribution is 5.25. The van der Waals surface area contributed by atoms with Gasteiger partial charge in [0, 0.05) is 5.57 Å². The van der Waals surface area contributed by atoms with Gasteiger partial charge >= 0.3 is 6.18 Å². The largest absolute Gasteiger partial charge is 0.412 e. The summed E-state index contributed by atoms with van der Waals surface area (Å²) in [6, 6.07) is 0. The molecule has 0 aliphatic heterocycles. The van der Waals surface area contributed by atoms with Gasteiger partial charge in [0.2, 0.25) is 0 Å². The van der Waals surface area contributed by atoms with Crippen LogP contribution in [0.5, 0.6) is 0 Å². The molecule has 0 saturated carbocycles. The fraction of sp³-hybridized carbons (Fsp3) is 0.556. The van der Waals surface area contributed by atoms with Crippen molar-refractivity contribution in [2.75, 3.05) is 0 Å². The summed E-state index contributed by atoms with van der Waals surface area (Å²) >= 11 is 0. The maximum Gasteiger partial charge on any atom is 0.412 e. The van der Waals surface area contributed by atoms with Gasteiger partial charge in [-0.15, -0.1) is 0 Å². The fourth-order valence-electron chi connectivity index (χ4n) is 1.29. The molecule has 0 aromatic carbocycles. The van der Waals surface area contributed by atoms with Crippen molar-refractivity contribution in [3.63, 3.8) is 0 Å². The molecule has 12 heavy (non-hydrogen) atoms. The van der Waals surface area contributed by atoms with Gasteiger partial charge in [0.15, 0.2) is 0 Å². The van der Waals surface area contributed by atoms with Crippen molar-refractivity contribution in [3.8, 4) is 0 Å². The lowest BCUT2D eigenvalue weighted by Gasteiger charge is -2.24. The summed E-state index contributed by atoms with van der Waals surface area (Å²) in [6.45, 7) is 3.40. The van der Waals surface area contributed by atoms with Crippen LogP contribution in [0.2, 0.25) is 0 Å². The molecule has 0 amide bonds. The van der Waals surface area contributed by atoms with Gasteiger partial charge in [0.05, 0.1) is 0 Å². The lowest BCUT2D eigenvalue weighted by Crippen LogP contribution is -2.23. The quantitative estimate of drug-likeness (QED) is 0.531. The summed E-state index contributed by atoms with van der Waals surface area (Å²) < 4.78 is 36.8. The molecule has 1 aliphatic carbocycles. The Kier molecular flexibility index (Phi) is 2.31. The third-order valence-corrected chi connectivity index (χ3v) is 2.30. The smallest absolute Gasteiger partial charge is 0.166 e. The summed E-state index contributed by atoms with van der Waals surface area (Å²) in [5, 5.41) is 0. The van der Waals surface area contributed by atoms with E-state index in [1.807, 2.05) is 0 Å². The Morgan fingerprint density at radius 2 is 1.83 bits per heavy atom. The summed E-state index contributed by atoms with van der Waals surface area (Å²) in [6.07, 6.45) is 0.260. The van der Waals surface area contributed by atoms with Crippen molar-refractivity contribution < 1.29 is 13.2 Å². The zero-order chi connectivity index (χ0) is 9.35. The van der Waals surface area contributed by atoms with E-state index in [0.717, 1.165) is 6.08 Å². The van der Waals surface area contributed by atoms with Crippen LogP contribution in [0, 0.1) is 11.8 Å². The van der Waals surface area contributed by atoms with Crippen molar-refractivity contribution in [1.29, 1.82) is 0 Å². The van der Waals surface area contributed by atoms with E-state index in [9.17, 15) is 13.2 Å². The van der Waals surface area contributed by atoms with Gasteiger partial charge in [-0.3, -0.25) is 0 Å². The van der Waals surface area contributed by atoms with E-state index in [2.05, 4.69) is 0 Å². The van der Waals surface area contributed by atoms with E-state index in [1.165, 1.54) is 6.08 Å². The SMILES string of the molecule is CC1C=CC=C(C(F)(F)F)C1C. The zero-order valence-corrected chi connectivity index (χ0v) is 7.02. The maximum absolute atomic E-state index is 12.3. The molecule has 3 heteroatoms. The van der Waals surface area contributed by atoms with Gasteiger partial charge in [0.25, 0.3) is 0 Å². The first-order valence-electron chi connectivity index (χ1n) is 3.88. The molecule has 0 aromatic rings. The van der Waals surface area contributed by atoms with E-state index >= 15 is 0 Å². The third-order valence-electron chi connectivity index (χ3n) is 2.30. The van der Waals surface area contributed by atoms with Crippen LogP contribution in [0.25, 0.3) is 0 Å². The van der Waals surface area contributed by atoms with Gasteiger partial charge in [-0.2, -0.15) is 13.2 Å². The van der Waals surface area contributed by atoms with Crippen molar-refractivity contribution >= 4 is 0 Å². The first-order valence-corrected chi connectivity index (χ1v) is 3.88. The maximum atomic E-state index is 12.3. The van der Waals surface area contributed by atoms with Crippen molar-refractivity contribution in [3.05, 3.63) is 23.8 Å². The van der Waals surface area contributed by atoms with Crippen LogP contribution in [-0.2, 0) is 0 Å². The molecule has 68 valence electrons. The summed E-state index contributed by atoms with van der Waals surface area (Å²) in [5.74, 6) is -0.443. The Bertz CT molecular complexity index is 222. The predicted molar refractivity (Wildman–Crippen MR) is 41.6 cm³/mol. The second-order valence-corrected chi connectivity index (χ2v) is 3.15. The molecule has 0 fully saturated rings. The zero-order valence-electron chi connectivity index (χ0n) is 7.02. The van der Waals surface area contributed by atoms with Gasteiger partial charge < -0.3 is 0 Å². The molecular formula is C9H11F3. The van der Waals surface area contributed by atoms with Crippen LogP contribution in [-0.4, -0.2) is 6.18 Å². The monoisotopic (exact) mass is 176 g/mol.